The van der Waals surface area contributed by atoms with Crippen LogP contribution < -0.4 is 5.32 Å². The Hall–Kier alpha value is -1.79. The van der Waals surface area contributed by atoms with Gasteiger partial charge in [-0.15, -0.1) is 0 Å². The van der Waals surface area contributed by atoms with E-state index in [0.29, 0.717) is 19.7 Å². The number of benzene rings is 1. The van der Waals surface area contributed by atoms with Crippen molar-refractivity contribution in [2.45, 2.75) is 0 Å². The summed E-state index contributed by atoms with van der Waals surface area (Å²) in [6.07, 6.45) is 3.22. The molecule has 0 saturated carbocycles. The van der Waals surface area contributed by atoms with Gasteiger partial charge in [0.2, 0.25) is 0 Å². The van der Waals surface area contributed by atoms with E-state index in [1.54, 1.807) is 13.2 Å². The van der Waals surface area contributed by atoms with Crippen molar-refractivity contribution in [1.29, 1.82) is 0 Å². The van der Waals surface area contributed by atoms with Crippen molar-refractivity contribution in [3.05, 3.63) is 45.8 Å². The van der Waals surface area contributed by atoms with E-state index in [9.17, 15) is 14.5 Å². The minimum absolute atomic E-state index is 0.122. The average Bonchev–Trinajstić information content (AvgIpc) is 2.35. The number of methoxy groups -OCH3 is 1. The molecule has 1 rings (SSSR count). The smallest absolute Gasteiger partial charge is 0.270 e. The van der Waals surface area contributed by atoms with Crippen molar-refractivity contribution in [3.8, 4) is 0 Å². The second-order valence-corrected chi connectivity index (χ2v) is 3.56. The molecule has 6 heteroatoms. The molecule has 0 aliphatic rings. The van der Waals surface area contributed by atoms with Crippen LogP contribution in [0.25, 0.3) is 6.08 Å². The van der Waals surface area contributed by atoms with Gasteiger partial charge in [-0.2, -0.15) is 0 Å². The van der Waals surface area contributed by atoms with E-state index < -0.39 is 10.7 Å². The van der Waals surface area contributed by atoms with E-state index in [1.807, 2.05) is 0 Å². The van der Waals surface area contributed by atoms with Crippen molar-refractivity contribution >= 4 is 11.8 Å². The Kier molecular flexibility index (Phi) is 5.96. The number of nitrogens with zero attached hydrogens (tertiary/aromatic N) is 1. The molecule has 0 unspecified atom stereocenters. The molecule has 18 heavy (non-hydrogen) atoms. The zero-order valence-corrected chi connectivity index (χ0v) is 10.1. The fraction of sp³-hybridized carbons (Fsp3) is 0.333. The fourth-order valence-corrected chi connectivity index (χ4v) is 1.32. The van der Waals surface area contributed by atoms with Crippen LogP contribution in [-0.4, -0.2) is 31.7 Å². The monoisotopic (exact) mass is 254 g/mol. The van der Waals surface area contributed by atoms with Gasteiger partial charge in [-0.25, -0.2) is 4.39 Å². The lowest BCUT2D eigenvalue weighted by Crippen LogP contribution is -2.18. The topological polar surface area (TPSA) is 64.4 Å². The molecule has 0 fully saturated rings. The van der Waals surface area contributed by atoms with Crippen molar-refractivity contribution in [3.63, 3.8) is 0 Å². The molecule has 0 spiro atoms. The van der Waals surface area contributed by atoms with Crippen molar-refractivity contribution < 1.29 is 14.1 Å². The minimum Gasteiger partial charge on any atom is -0.383 e. The van der Waals surface area contributed by atoms with Gasteiger partial charge in [0.15, 0.2) is 0 Å². The number of nitro benzene ring substituents is 1. The first-order valence-corrected chi connectivity index (χ1v) is 5.45. The number of ether oxygens (including phenoxy) is 1. The maximum atomic E-state index is 13.3. The van der Waals surface area contributed by atoms with E-state index in [2.05, 4.69) is 5.32 Å². The third kappa shape index (κ3) is 4.60. The zero-order chi connectivity index (χ0) is 13.4. The molecular weight excluding hydrogens is 239 g/mol. The Morgan fingerprint density at radius 2 is 2.33 bits per heavy atom. The molecule has 98 valence electrons. The number of rotatable bonds is 7. The molecule has 0 aromatic heterocycles. The molecule has 0 amide bonds. The van der Waals surface area contributed by atoms with Gasteiger partial charge in [-0.3, -0.25) is 10.1 Å². The van der Waals surface area contributed by atoms with Crippen LogP contribution >= 0.6 is 0 Å². The summed E-state index contributed by atoms with van der Waals surface area (Å²) < 4.78 is 18.2. The van der Waals surface area contributed by atoms with Crippen LogP contribution in [-0.2, 0) is 4.74 Å². The molecule has 1 aromatic carbocycles. The van der Waals surface area contributed by atoms with E-state index in [0.717, 1.165) is 12.1 Å². The van der Waals surface area contributed by atoms with E-state index >= 15 is 0 Å². The lowest BCUT2D eigenvalue weighted by Gasteiger charge is -2.00. The number of hydrogen-bond donors (Lipinski definition) is 1. The minimum atomic E-state index is -0.548. The van der Waals surface area contributed by atoms with Crippen molar-refractivity contribution in [2.24, 2.45) is 0 Å². The molecule has 0 saturated heterocycles. The molecule has 0 heterocycles. The zero-order valence-electron chi connectivity index (χ0n) is 10.1. The Balaban J connectivity index is 2.57. The summed E-state index contributed by atoms with van der Waals surface area (Å²) in [4.78, 5) is 10.00. The summed E-state index contributed by atoms with van der Waals surface area (Å²) in [6.45, 7) is 1.84. The Morgan fingerprint density at radius 1 is 1.56 bits per heavy atom. The van der Waals surface area contributed by atoms with Crippen LogP contribution in [0.4, 0.5) is 10.1 Å². The maximum Gasteiger partial charge on any atom is 0.270 e. The highest BCUT2D eigenvalue weighted by molar-refractivity contribution is 5.54. The van der Waals surface area contributed by atoms with Crippen LogP contribution in [0.3, 0.4) is 0 Å². The summed E-state index contributed by atoms with van der Waals surface area (Å²) >= 11 is 0. The summed E-state index contributed by atoms with van der Waals surface area (Å²) in [7, 11) is 1.61. The van der Waals surface area contributed by atoms with Gasteiger partial charge in [0.25, 0.3) is 5.69 Å². The average molecular weight is 254 g/mol. The van der Waals surface area contributed by atoms with Gasteiger partial charge in [0.05, 0.1) is 11.5 Å². The highest BCUT2D eigenvalue weighted by atomic mass is 19.1. The second kappa shape index (κ2) is 7.52. The quantitative estimate of drug-likeness (QED) is 0.459. The predicted octanol–water partition coefficient (Wildman–Crippen LogP) is 1.98. The first-order valence-electron chi connectivity index (χ1n) is 5.45. The summed E-state index contributed by atoms with van der Waals surface area (Å²) in [6, 6.07) is 3.45. The molecule has 1 N–H and O–H groups in total. The predicted molar refractivity (Wildman–Crippen MR) is 66.8 cm³/mol. The van der Waals surface area contributed by atoms with E-state index in [-0.39, 0.29) is 11.3 Å². The third-order valence-corrected chi connectivity index (χ3v) is 2.23. The van der Waals surface area contributed by atoms with Crippen molar-refractivity contribution in [1.82, 2.24) is 5.32 Å². The number of hydrogen-bond acceptors (Lipinski definition) is 4. The number of non-ortho nitro benzene ring substituents is 1. The van der Waals surface area contributed by atoms with Gasteiger partial charge >= 0.3 is 0 Å². The molecule has 0 radical (unpaired) electrons. The molecule has 0 bridgehead atoms. The van der Waals surface area contributed by atoms with E-state index in [4.69, 9.17) is 4.74 Å². The highest BCUT2D eigenvalue weighted by Crippen LogP contribution is 2.17. The second-order valence-electron chi connectivity index (χ2n) is 3.56. The lowest BCUT2D eigenvalue weighted by molar-refractivity contribution is -0.384. The van der Waals surface area contributed by atoms with Crippen LogP contribution in [0.1, 0.15) is 5.56 Å². The van der Waals surface area contributed by atoms with Crippen molar-refractivity contribution in [2.75, 3.05) is 26.8 Å². The van der Waals surface area contributed by atoms with Gasteiger partial charge < -0.3 is 10.1 Å². The standard InChI is InChI=1S/C12H15FN2O3/c1-18-8-7-14-6-2-3-10-9-11(15(16)17)4-5-12(10)13/h2-5,9,14H,6-8H2,1H3/b3-2+. The maximum absolute atomic E-state index is 13.3. The fourth-order valence-electron chi connectivity index (χ4n) is 1.32. The summed E-state index contributed by atoms with van der Waals surface area (Å²) in [5, 5.41) is 13.6. The Labute approximate surface area is 104 Å². The number of nitrogens with one attached hydrogen (secondary N) is 1. The SMILES string of the molecule is COCCNC/C=C/c1cc([N+](=O)[O-])ccc1F. The van der Waals surface area contributed by atoms with Crippen LogP contribution in [0.2, 0.25) is 0 Å². The molecule has 0 aliphatic heterocycles. The Bertz CT molecular complexity index is 435. The first-order chi connectivity index (χ1) is 8.65. The summed E-state index contributed by atoms with van der Waals surface area (Å²) in [5.41, 5.74) is 0.0844. The van der Waals surface area contributed by atoms with Gasteiger partial charge in [-0.05, 0) is 6.07 Å². The first kappa shape index (κ1) is 14.3. The molecule has 1 aromatic rings. The molecule has 5 nitrogen and oxygen atoms in total. The lowest BCUT2D eigenvalue weighted by atomic mass is 10.1. The van der Waals surface area contributed by atoms with Gasteiger partial charge in [-0.1, -0.05) is 12.2 Å². The summed E-state index contributed by atoms with van der Waals surface area (Å²) in [5.74, 6) is -0.478. The highest BCUT2D eigenvalue weighted by Gasteiger charge is 2.08. The van der Waals surface area contributed by atoms with Crippen LogP contribution in [0.15, 0.2) is 24.3 Å². The Morgan fingerprint density at radius 3 is 3.00 bits per heavy atom. The van der Waals surface area contributed by atoms with Gasteiger partial charge in [0.1, 0.15) is 5.82 Å². The van der Waals surface area contributed by atoms with E-state index in [1.165, 1.54) is 12.1 Å². The number of halogens is 1. The largest absolute Gasteiger partial charge is 0.383 e. The van der Waals surface area contributed by atoms with Crippen LogP contribution in [0.5, 0.6) is 0 Å². The molecular formula is C12H15FN2O3. The third-order valence-electron chi connectivity index (χ3n) is 2.23. The molecule has 0 atom stereocenters. The normalized spacial score (nSPS) is 11.0. The number of nitro groups is 1. The molecule has 0 aliphatic carbocycles. The van der Waals surface area contributed by atoms with Crippen LogP contribution in [0, 0.1) is 15.9 Å². The van der Waals surface area contributed by atoms with Gasteiger partial charge in [0, 0.05) is 37.9 Å².